The van der Waals surface area contributed by atoms with Gasteiger partial charge in [-0.15, -0.1) is 0 Å². The zero-order chi connectivity index (χ0) is 19.6. The van der Waals surface area contributed by atoms with E-state index in [4.69, 9.17) is 27.9 Å². The minimum absolute atomic E-state index is 0.0166. The molecular weight excluding hydrogens is 394 g/mol. The largest absolute Gasteiger partial charge is 0.392 e. The van der Waals surface area contributed by atoms with Crippen LogP contribution in [0.25, 0.3) is 0 Å². The molecule has 0 spiro atoms. The highest BCUT2D eigenvalue weighted by Crippen LogP contribution is 2.43. The summed E-state index contributed by atoms with van der Waals surface area (Å²) in [6.45, 7) is -0.325. The Balaban J connectivity index is 1.85. The van der Waals surface area contributed by atoms with Crippen LogP contribution >= 0.6 is 23.2 Å². The molecule has 144 valence electrons. The van der Waals surface area contributed by atoms with Gasteiger partial charge in [0.15, 0.2) is 0 Å². The third kappa shape index (κ3) is 3.80. The Hall–Kier alpha value is -1.73. The number of ether oxygens (including phenoxy) is 1. The molecular formula is C19H19Cl2FN2O3. The Labute approximate surface area is 166 Å². The maximum absolute atomic E-state index is 15.7. The third-order valence-corrected chi connectivity index (χ3v) is 5.37. The average molecular weight is 413 g/mol. The molecule has 1 aliphatic rings. The number of hydrogen-bond acceptors (Lipinski definition) is 4. The van der Waals surface area contributed by atoms with Crippen molar-refractivity contribution in [2.24, 2.45) is 0 Å². The minimum Gasteiger partial charge on any atom is -0.392 e. The van der Waals surface area contributed by atoms with Crippen LogP contribution in [0.1, 0.15) is 41.3 Å². The first-order chi connectivity index (χ1) is 12.9. The number of hydrogen-bond donors (Lipinski definition) is 2. The monoisotopic (exact) mass is 412 g/mol. The molecule has 2 atom stereocenters. The summed E-state index contributed by atoms with van der Waals surface area (Å²) in [5.41, 5.74) is -0.588. The Morgan fingerprint density at radius 1 is 1.48 bits per heavy atom. The summed E-state index contributed by atoms with van der Waals surface area (Å²) >= 11 is 12.1. The van der Waals surface area contributed by atoms with Crippen molar-refractivity contribution >= 4 is 29.1 Å². The maximum Gasteiger partial charge on any atom is 0.262 e. The van der Waals surface area contributed by atoms with Gasteiger partial charge in [-0.1, -0.05) is 29.3 Å². The van der Waals surface area contributed by atoms with E-state index in [0.29, 0.717) is 33.3 Å². The van der Waals surface area contributed by atoms with Gasteiger partial charge in [0, 0.05) is 35.5 Å². The van der Waals surface area contributed by atoms with Crippen LogP contribution in [0, 0.1) is 0 Å². The number of benzene rings is 1. The van der Waals surface area contributed by atoms with Crippen molar-refractivity contribution in [3.8, 4) is 0 Å². The van der Waals surface area contributed by atoms with Crippen LogP contribution in [0.5, 0.6) is 0 Å². The number of methoxy groups -OCH3 is 1. The van der Waals surface area contributed by atoms with Gasteiger partial charge in [-0.05, 0) is 42.2 Å². The number of halogens is 3. The number of carbonyl (C=O) groups is 1. The van der Waals surface area contributed by atoms with Crippen LogP contribution in [0.4, 0.5) is 4.39 Å². The smallest absolute Gasteiger partial charge is 0.262 e. The van der Waals surface area contributed by atoms with Crippen molar-refractivity contribution in [1.82, 2.24) is 10.3 Å². The second-order valence-corrected chi connectivity index (χ2v) is 7.21. The fourth-order valence-electron chi connectivity index (χ4n) is 3.38. The zero-order valence-corrected chi connectivity index (χ0v) is 16.1. The molecule has 0 radical (unpaired) electrons. The topological polar surface area (TPSA) is 71.5 Å². The molecule has 0 aliphatic heterocycles. The molecule has 0 bridgehead atoms. The number of aliphatic hydroxyl groups excluding tert-OH is 1. The van der Waals surface area contributed by atoms with E-state index in [0.717, 1.165) is 0 Å². The number of pyridine rings is 1. The molecule has 0 saturated carbocycles. The summed E-state index contributed by atoms with van der Waals surface area (Å²) < 4.78 is 21.1. The number of alkyl halides is 1. The highest BCUT2D eigenvalue weighted by molar-refractivity contribution is 6.35. The van der Waals surface area contributed by atoms with Gasteiger partial charge in [0.2, 0.25) is 5.67 Å². The lowest BCUT2D eigenvalue weighted by Gasteiger charge is -2.33. The first-order valence-electron chi connectivity index (χ1n) is 8.43. The standard InChI is InChI=1S/C19H19Cl2FN2O3/c1-27-16-4-5-19(22,14-3-2-6-23-17(14)16)18(26)24-9-13-11(10-25)7-12(20)8-15(13)21/h2-3,6-8,16,25H,4-5,9-10H2,1H3,(H,24,26)/t16-,19+/m0/s1. The number of nitrogens with zero attached hydrogens (tertiary/aromatic N) is 1. The third-order valence-electron chi connectivity index (χ3n) is 4.81. The first kappa shape index (κ1) is 20.0. The summed E-state index contributed by atoms with van der Waals surface area (Å²) in [5.74, 6) is -0.777. The Morgan fingerprint density at radius 3 is 2.96 bits per heavy atom. The highest BCUT2D eigenvalue weighted by atomic mass is 35.5. The molecule has 1 aromatic carbocycles. The predicted molar refractivity (Wildman–Crippen MR) is 100 cm³/mol. The molecule has 0 unspecified atom stereocenters. The summed E-state index contributed by atoms with van der Waals surface area (Å²) in [4.78, 5) is 16.9. The Bertz CT molecular complexity index is 865. The van der Waals surface area contributed by atoms with Crippen molar-refractivity contribution in [1.29, 1.82) is 0 Å². The molecule has 1 aromatic heterocycles. The lowest BCUT2D eigenvalue weighted by Crippen LogP contribution is -2.44. The molecule has 1 amide bonds. The molecule has 2 N–H and O–H groups in total. The predicted octanol–water partition coefficient (Wildman–Crippen LogP) is 3.84. The number of amides is 1. The van der Waals surface area contributed by atoms with E-state index in [1.54, 1.807) is 24.4 Å². The number of aliphatic hydroxyl groups is 1. The van der Waals surface area contributed by atoms with Crippen molar-refractivity contribution < 1.29 is 19.0 Å². The van der Waals surface area contributed by atoms with Crippen LogP contribution in [0.15, 0.2) is 30.5 Å². The molecule has 1 aliphatic carbocycles. The summed E-state index contributed by atoms with van der Waals surface area (Å²) in [6, 6.07) is 6.22. The van der Waals surface area contributed by atoms with Crippen LogP contribution in [0.2, 0.25) is 10.0 Å². The lowest BCUT2D eigenvalue weighted by molar-refractivity contribution is -0.135. The van der Waals surface area contributed by atoms with E-state index < -0.39 is 11.6 Å². The van der Waals surface area contributed by atoms with Gasteiger partial charge in [-0.3, -0.25) is 9.78 Å². The molecule has 2 aromatic rings. The molecule has 0 saturated heterocycles. The van der Waals surface area contributed by atoms with Gasteiger partial charge >= 0.3 is 0 Å². The van der Waals surface area contributed by atoms with Crippen molar-refractivity contribution in [2.45, 2.75) is 37.8 Å². The number of nitrogens with one attached hydrogen (secondary N) is 1. The van der Waals surface area contributed by atoms with Crippen LogP contribution in [0.3, 0.4) is 0 Å². The van der Waals surface area contributed by atoms with Gasteiger partial charge in [-0.2, -0.15) is 0 Å². The summed E-state index contributed by atoms with van der Waals surface area (Å²) in [5, 5.41) is 12.8. The maximum atomic E-state index is 15.7. The van der Waals surface area contributed by atoms with Crippen molar-refractivity contribution in [3.05, 3.63) is 62.9 Å². The first-order valence-corrected chi connectivity index (χ1v) is 9.19. The minimum atomic E-state index is -2.21. The van der Waals surface area contributed by atoms with E-state index >= 15 is 4.39 Å². The highest BCUT2D eigenvalue weighted by Gasteiger charge is 2.47. The van der Waals surface area contributed by atoms with Gasteiger partial charge in [0.25, 0.3) is 5.91 Å². The number of rotatable bonds is 5. The SMILES string of the molecule is CO[C@H]1CC[C@](F)(C(=O)NCc2c(Cl)cc(Cl)cc2CO)c2cccnc21. The van der Waals surface area contributed by atoms with Gasteiger partial charge in [0.05, 0.1) is 18.4 Å². The summed E-state index contributed by atoms with van der Waals surface area (Å²) in [7, 11) is 1.54. The zero-order valence-electron chi connectivity index (χ0n) is 14.6. The fourth-order valence-corrected chi connectivity index (χ4v) is 3.98. The number of aromatic nitrogens is 1. The molecule has 27 heavy (non-hydrogen) atoms. The fraction of sp³-hybridized carbons (Fsp3) is 0.368. The molecule has 0 fully saturated rings. The van der Waals surface area contributed by atoms with Crippen molar-refractivity contribution in [2.75, 3.05) is 7.11 Å². The second-order valence-electron chi connectivity index (χ2n) is 6.37. The average Bonchev–Trinajstić information content (AvgIpc) is 2.67. The van der Waals surface area contributed by atoms with Crippen LogP contribution in [-0.4, -0.2) is 23.1 Å². The quantitative estimate of drug-likeness (QED) is 0.782. The van der Waals surface area contributed by atoms with E-state index in [2.05, 4.69) is 10.3 Å². The van der Waals surface area contributed by atoms with Gasteiger partial charge in [0.1, 0.15) is 0 Å². The lowest BCUT2D eigenvalue weighted by atomic mass is 9.80. The van der Waals surface area contributed by atoms with Gasteiger partial charge < -0.3 is 15.2 Å². The summed E-state index contributed by atoms with van der Waals surface area (Å²) in [6.07, 6.45) is 1.53. The molecule has 1 heterocycles. The van der Waals surface area contributed by atoms with E-state index in [1.807, 2.05) is 0 Å². The van der Waals surface area contributed by atoms with E-state index in [9.17, 15) is 9.90 Å². The van der Waals surface area contributed by atoms with E-state index in [1.165, 1.54) is 13.2 Å². The van der Waals surface area contributed by atoms with Gasteiger partial charge in [-0.25, -0.2) is 4.39 Å². The Morgan fingerprint density at radius 2 is 2.26 bits per heavy atom. The number of fused-ring (bicyclic) bond motifs is 1. The molecule has 8 heteroatoms. The Kier molecular flexibility index (Phi) is 6.01. The van der Waals surface area contributed by atoms with Crippen molar-refractivity contribution in [3.63, 3.8) is 0 Å². The van der Waals surface area contributed by atoms with E-state index in [-0.39, 0.29) is 31.2 Å². The number of carbonyl (C=O) groups excluding carboxylic acids is 1. The normalized spacial score (nSPS) is 21.6. The van der Waals surface area contributed by atoms with Crippen LogP contribution < -0.4 is 5.32 Å². The molecule has 3 rings (SSSR count). The second kappa shape index (κ2) is 8.10. The van der Waals surface area contributed by atoms with Crippen LogP contribution in [-0.2, 0) is 28.4 Å². The molecule has 5 nitrogen and oxygen atoms in total.